The average molecular weight is 709 g/mol. The van der Waals surface area contributed by atoms with Crippen molar-refractivity contribution < 1.29 is 24.2 Å². The predicted octanol–water partition coefficient (Wildman–Crippen LogP) is 14.3. The van der Waals surface area contributed by atoms with E-state index in [1.807, 2.05) is 0 Å². The third-order valence-corrected chi connectivity index (χ3v) is 10.4. The Hall–Kier alpha value is -1.10. The molecule has 0 aliphatic rings. The van der Waals surface area contributed by atoms with Crippen LogP contribution in [0.2, 0.25) is 0 Å². The van der Waals surface area contributed by atoms with E-state index < -0.39 is 6.10 Å². The van der Waals surface area contributed by atoms with Gasteiger partial charge in [0.2, 0.25) is 0 Å². The summed E-state index contributed by atoms with van der Waals surface area (Å²) in [6.07, 6.45) is 47.6. The van der Waals surface area contributed by atoms with Gasteiger partial charge in [0.1, 0.15) is 6.61 Å². The van der Waals surface area contributed by atoms with E-state index >= 15 is 0 Å². The first-order chi connectivity index (χ1) is 24.6. The van der Waals surface area contributed by atoms with Crippen molar-refractivity contribution in [3.63, 3.8) is 0 Å². The van der Waals surface area contributed by atoms with Crippen LogP contribution in [-0.2, 0) is 19.1 Å². The van der Waals surface area contributed by atoms with E-state index in [1.165, 1.54) is 199 Å². The first-order valence-corrected chi connectivity index (χ1v) is 22.6. The lowest BCUT2D eigenvalue weighted by molar-refractivity contribution is -0.161. The first-order valence-electron chi connectivity index (χ1n) is 22.6. The van der Waals surface area contributed by atoms with Crippen LogP contribution in [0.3, 0.4) is 0 Å². The summed E-state index contributed by atoms with van der Waals surface area (Å²) in [5, 5.41) is 9.57. The van der Waals surface area contributed by atoms with Gasteiger partial charge in [-0.15, -0.1) is 0 Å². The molecule has 0 unspecified atom stereocenters. The molecule has 0 spiro atoms. The van der Waals surface area contributed by atoms with Crippen LogP contribution in [0, 0.1) is 0 Å². The molecule has 0 saturated heterocycles. The van der Waals surface area contributed by atoms with E-state index in [9.17, 15) is 14.7 Å². The molecule has 0 rings (SSSR count). The molecule has 50 heavy (non-hydrogen) atoms. The van der Waals surface area contributed by atoms with E-state index in [-0.39, 0.29) is 25.2 Å². The Kier molecular flexibility index (Phi) is 41.4. The Morgan fingerprint density at radius 1 is 0.380 bits per heavy atom. The maximum atomic E-state index is 12.2. The minimum Gasteiger partial charge on any atom is -0.462 e. The van der Waals surface area contributed by atoms with Crippen molar-refractivity contribution in [1.29, 1.82) is 0 Å². The van der Waals surface area contributed by atoms with E-state index in [0.717, 1.165) is 32.1 Å². The molecule has 0 heterocycles. The van der Waals surface area contributed by atoms with E-state index in [0.29, 0.717) is 12.8 Å². The second-order valence-electron chi connectivity index (χ2n) is 15.5. The molecule has 0 aromatic rings. The summed E-state index contributed by atoms with van der Waals surface area (Å²) in [7, 11) is 0. The van der Waals surface area contributed by atoms with Crippen molar-refractivity contribution in [3.8, 4) is 0 Å². The topological polar surface area (TPSA) is 72.8 Å². The van der Waals surface area contributed by atoms with Gasteiger partial charge in [-0.2, -0.15) is 0 Å². The molecular weight excluding hydrogens is 620 g/mol. The molecule has 0 amide bonds. The zero-order chi connectivity index (χ0) is 36.4. The smallest absolute Gasteiger partial charge is 0.306 e. The molecule has 298 valence electrons. The Labute approximate surface area is 312 Å². The molecule has 0 aromatic heterocycles. The van der Waals surface area contributed by atoms with Crippen molar-refractivity contribution in [2.24, 2.45) is 0 Å². The molecule has 0 saturated carbocycles. The van der Waals surface area contributed by atoms with Crippen molar-refractivity contribution in [2.75, 3.05) is 13.2 Å². The first kappa shape index (κ1) is 48.9. The minimum absolute atomic E-state index is 0.0565. The average Bonchev–Trinajstić information content (AvgIpc) is 3.12. The summed E-state index contributed by atoms with van der Waals surface area (Å²) in [5.41, 5.74) is 0. The Morgan fingerprint density at radius 3 is 0.880 bits per heavy atom. The molecule has 5 nitrogen and oxygen atoms in total. The number of hydrogen-bond acceptors (Lipinski definition) is 5. The second-order valence-corrected chi connectivity index (χ2v) is 15.5. The fourth-order valence-electron chi connectivity index (χ4n) is 6.97. The number of rotatable bonds is 42. The summed E-state index contributed by atoms with van der Waals surface area (Å²) in [4.78, 5) is 24.3. The predicted molar refractivity (Wildman–Crippen MR) is 215 cm³/mol. The van der Waals surface area contributed by atoms with Crippen molar-refractivity contribution in [1.82, 2.24) is 0 Å². The Balaban J connectivity index is 3.42. The van der Waals surface area contributed by atoms with Crippen LogP contribution in [0.4, 0.5) is 0 Å². The van der Waals surface area contributed by atoms with E-state index in [2.05, 4.69) is 13.8 Å². The van der Waals surface area contributed by atoms with Crippen LogP contribution in [0.5, 0.6) is 0 Å². The van der Waals surface area contributed by atoms with Crippen LogP contribution < -0.4 is 0 Å². The lowest BCUT2D eigenvalue weighted by Gasteiger charge is -2.15. The normalized spacial score (nSPS) is 12.0. The third-order valence-electron chi connectivity index (χ3n) is 10.4. The maximum absolute atomic E-state index is 12.2. The van der Waals surface area contributed by atoms with Gasteiger partial charge in [0.05, 0.1) is 6.61 Å². The molecule has 1 N–H and O–H groups in total. The van der Waals surface area contributed by atoms with Crippen molar-refractivity contribution >= 4 is 11.9 Å². The van der Waals surface area contributed by atoms with E-state index in [4.69, 9.17) is 9.47 Å². The molecule has 1 atom stereocenters. The highest BCUT2D eigenvalue weighted by atomic mass is 16.6. The van der Waals surface area contributed by atoms with Crippen molar-refractivity contribution in [3.05, 3.63) is 0 Å². The summed E-state index contributed by atoms with van der Waals surface area (Å²) >= 11 is 0. The SMILES string of the molecule is CCCCCCCCCCCCCCCCCCCCCCCCCC(=O)OC[C@H](CO)OC(=O)CCCCCCCCCCCCCCC. The van der Waals surface area contributed by atoms with Gasteiger partial charge in [-0.3, -0.25) is 9.59 Å². The van der Waals surface area contributed by atoms with Crippen LogP contribution in [0.1, 0.15) is 258 Å². The molecular formula is C45H88O5. The van der Waals surface area contributed by atoms with Crippen LogP contribution in [0.25, 0.3) is 0 Å². The van der Waals surface area contributed by atoms with Gasteiger partial charge < -0.3 is 14.6 Å². The van der Waals surface area contributed by atoms with Crippen molar-refractivity contribution in [2.45, 2.75) is 264 Å². The lowest BCUT2D eigenvalue weighted by atomic mass is 10.0. The summed E-state index contributed by atoms with van der Waals surface area (Å²) in [6, 6.07) is 0. The van der Waals surface area contributed by atoms with Crippen LogP contribution in [-0.4, -0.2) is 36.4 Å². The monoisotopic (exact) mass is 709 g/mol. The lowest BCUT2D eigenvalue weighted by Crippen LogP contribution is -2.28. The molecule has 0 aliphatic carbocycles. The summed E-state index contributed by atoms with van der Waals surface area (Å²) in [6.45, 7) is 4.17. The number of esters is 2. The number of aliphatic hydroxyl groups excluding tert-OH is 1. The Bertz CT molecular complexity index is 680. The van der Waals surface area contributed by atoms with Gasteiger partial charge in [-0.05, 0) is 12.8 Å². The van der Waals surface area contributed by atoms with Crippen LogP contribution >= 0.6 is 0 Å². The maximum Gasteiger partial charge on any atom is 0.306 e. The van der Waals surface area contributed by atoms with Gasteiger partial charge in [0.15, 0.2) is 6.10 Å². The largest absolute Gasteiger partial charge is 0.462 e. The quantitative estimate of drug-likeness (QED) is 0.0505. The molecule has 0 fully saturated rings. The minimum atomic E-state index is -0.761. The van der Waals surface area contributed by atoms with E-state index in [1.54, 1.807) is 0 Å². The van der Waals surface area contributed by atoms with Gasteiger partial charge in [-0.25, -0.2) is 0 Å². The highest BCUT2D eigenvalue weighted by Gasteiger charge is 2.16. The molecule has 5 heteroatoms. The number of carbonyl (C=O) groups excluding carboxylic acids is 2. The highest BCUT2D eigenvalue weighted by Crippen LogP contribution is 2.17. The second kappa shape index (κ2) is 42.3. The standard InChI is InChI=1S/C45H88O5/c1-3-5-7-9-11-13-15-17-18-19-20-21-22-23-24-25-26-28-29-31-33-35-37-39-44(47)49-42-43(41-46)50-45(48)40-38-36-34-32-30-27-16-14-12-10-8-6-4-2/h43,46H,3-42H2,1-2H3/t43-/m0/s1. The zero-order valence-corrected chi connectivity index (χ0v) is 33.9. The van der Waals surface area contributed by atoms with Gasteiger partial charge in [-0.1, -0.05) is 232 Å². The third kappa shape index (κ3) is 39.7. The summed E-state index contributed by atoms with van der Waals surface area (Å²) in [5.74, 6) is -0.572. The summed E-state index contributed by atoms with van der Waals surface area (Å²) < 4.78 is 10.6. The number of hydrogen-bond donors (Lipinski definition) is 1. The molecule has 0 aliphatic heterocycles. The van der Waals surface area contributed by atoms with Crippen LogP contribution in [0.15, 0.2) is 0 Å². The molecule has 0 radical (unpaired) electrons. The highest BCUT2D eigenvalue weighted by molar-refractivity contribution is 5.70. The fourth-order valence-corrected chi connectivity index (χ4v) is 6.97. The Morgan fingerprint density at radius 2 is 0.620 bits per heavy atom. The van der Waals surface area contributed by atoms with Gasteiger partial charge in [0, 0.05) is 12.8 Å². The van der Waals surface area contributed by atoms with Gasteiger partial charge >= 0.3 is 11.9 Å². The number of carbonyl (C=O) groups is 2. The number of ether oxygens (including phenoxy) is 2. The molecule has 0 bridgehead atoms. The fraction of sp³-hybridized carbons (Fsp3) is 0.956. The van der Waals surface area contributed by atoms with Gasteiger partial charge in [0.25, 0.3) is 0 Å². The molecule has 0 aromatic carbocycles. The number of unbranched alkanes of at least 4 members (excludes halogenated alkanes) is 34. The zero-order valence-electron chi connectivity index (χ0n) is 33.9. The number of aliphatic hydroxyl groups is 1.